The van der Waals surface area contributed by atoms with Gasteiger partial charge in [-0.05, 0) is 25.2 Å². The minimum Gasteiger partial charge on any atom is -0.461 e. The lowest BCUT2D eigenvalue weighted by Crippen LogP contribution is -2.43. The van der Waals surface area contributed by atoms with Crippen LogP contribution in [-0.2, 0) is 14.3 Å². The Morgan fingerprint density at radius 3 is 2.72 bits per heavy atom. The van der Waals surface area contributed by atoms with Gasteiger partial charge in [0.25, 0.3) is 0 Å². The highest BCUT2D eigenvalue weighted by molar-refractivity contribution is 7.80. The van der Waals surface area contributed by atoms with E-state index in [0.717, 1.165) is 25.7 Å². The Morgan fingerprint density at radius 1 is 1.44 bits per heavy atom. The van der Waals surface area contributed by atoms with E-state index in [1.807, 2.05) is 0 Å². The molecule has 0 saturated heterocycles. The molecular formula is C13H23NO3S. The summed E-state index contributed by atoms with van der Waals surface area (Å²) in [4.78, 5) is 22.8. The summed E-state index contributed by atoms with van der Waals surface area (Å²) in [7, 11) is 0. The Bertz CT molecular complexity index is 296. The maximum atomic E-state index is 11.9. The molecule has 18 heavy (non-hydrogen) atoms. The van der Waals surface area contributed by atoms with Gasteiger partial charge in [0.2, 0.25) is 5.91 Å². The summed E-state index contributed by atoms with van der Waals surface area (Å²) in [5.41, 5.74) is 0. The van der Waals surface area contributed by atoms with Crippen LogP contribution in [0.25, 0.3) is 0 Å². The SMILES string of the molecule is CCC1CCCC(OC(=O)[C@H](CS)NC(C)=O)C1. The fourth-order valence-electron chi connectivity index (χ4n) is 2.39. The highest BCUT2D eigenvalue weighted by atomic mass is 32.1. The zero-order valence-electron chi connectivity index (χ0n) is 11.1. The summed E-state index contributed by atoms with van der Waals surface area (Å²) < 4.78 is 5.47. The molecule has 3 atom stereocenters. The number of nitrogens with one attached hydrogen (secondary N) is 1. The first-order chi connectivity index (χ1) is 8.56. The molecule has 0 aliphatic heterocycles. The smallest absolute Gasteiger partial charge is 0.329 e. The number of esters is 1. The molecule has 0 spiro atoms. The summed E-state index contributed by atoms with van der Waals surface area (Å²) >= 11 is 4.07. The lowest BCUT2D eigenvalue weighted by molar-refractivity contribution is -0.154. The number of thiol groups is 1. The van der Waals surface area contributed by atoms with Gasteiger partial charge >= 0.3 is 5.97 Å². The van der Waals surface area contributed by atoms with Crippen molar-refractivity contribution in [2.24, 2.45) is 5.92 Å². The molecule has 1 rings (SSSR count). The van der Waals surface area contributed by atoms with E-state index in [9.17, 15) is 9.59 Å². The average Bonchev–Trinajstić information content (AvgIpc) is 2.35. The van der Waals surface area contributed by atoms with Gasteiger partial charge in [-0.3, -0.25) is 4.79 Å². The van der Waals surface area contributed by atoms with Crippen LogP contribution < -0.4 is 5.32 Å². The highest BCUT2D eigenvalue weighted by Crippen LogP contribution is 2.28. The van der Waals surface area contributed by atoms with Gasteiger partial charge in [0.15, 0.2) is 0 Å². The molecule has 0 bridgehead atoms. The van der Waals surface area contributed by atoms with Crippen molar-refractivity contribution in [3.8, 4) is 0 Å². The molecule has 1 aliphatic carbocycles. The largest absolute Gasteiger partial charge is 0.461 e. The number of amides is 1. The lowest BCUT2D eigenvalue weighted by atomic mass is 9.85. The van der Waals surface area contributed by atoms with E-state index in [2.05, 4.69) is 24.9 Å². The second kappa shape index (κ2) is 7.67. The van der Waals surface area contributed by atoms with Crippen molar-refractivity contribution in [1.82, 2.24) is 5.32 Å². The highest BCUT2D eigenvalue weighted by Gasteiger charge is 2.27. The van der Waals surface area contributed by atoms with E-state index in [0.29, 0.717) is 5.92 Å². The second-order valence-corrected chi connectivity index (χ2v) is 5.30. The van der Waals surface area contributed by atoms with Crippen LogP contribution in [-0.4, -0.2) is 29.8 Å². The molecule has 1 amide bonds. The van der Waals surface area contributed by atoms with Crippen molar-refractivity contribution in [3.63, 3.8) is 0 Å². The topological polar surface area (TPSA) is 55.4 Å². The van der Waals surface area contributed by atoms with Crippen LogP contribution in [0.2, 0.25) is 0 Å². The van der Waals surface area contributed by atoms with Gasteiger partial charge in [0.1, 0.15) is 12.1 Å². The van der Waals surface area contributed by atoms with Crippen molar-refractivity contribution in [1.29, 1.82) is 0 Å². The van der Waals surface area contributed by atoms with Gasteiger partial charge in [-0.25, -0.2) is 4.79 Å². The molecule has 2 unspecified atom stereocenters. The fourth-order valence-corrected chi connectivity index (χ4v) is 2.63. The summed E-state index contributed by atoms with van der Waals surface area (Å²) in [5, 5.41) is 2.55. The van der Waals surface area contributed by atoms with Crippen LogP contribution in [0.4, 0.5) is 0 Å². The molecule has 0 aromatic rings. The van der Waals surface area contributed by atoms with Gasteiger partial charge in [-0.15, -0.1) is 0 Å². The molecule has 104 valence electrons. The fraction of sp³-hybridized carbons (Fsp3) is 0.846. The van der Waals surface area contributed by atoms with Crippen molar-refractivity contribution < 1.29 is 14.3 Å². The maximum absolute atomic E-state index is 11.9. The zero-order chi connectivity index (χ0) is 13.5. The first-order valence-corrected chi connectivity index (χ1v) is 7.28. The van der Waals surface area contributed by atoms with E-state index in [-0.39, 0.29) is 23.7 Å². The third-order valence-corrected chi connectivity index (χ3v) is 3.80. The van der Waals surface area contributed by atoms with Crippen molar-refractivity contribution in [2.45, 2.75) is 58.1 Å². The number of ether oxygens (including phenoxy) is 1. The first-order valence-electron chi connectivity index (χ1n) is 6.65. The molecule has 1 N–H and O–H groups in total. The zero-order valence-corrected chi connectivity index (χ0v) is 12.0. The van der Waals surface area contributed by atoms with Crippen LogP contribution >= 0.6 is 12.6 Å². The van der Waals surface area contributed by atoms with E-state index in [1.165, 1.54) is 13.3 Å². The van der Waals surface area contributed by atoms with Crippen molar-refractivity contribution in [3.05, 3.63) is 0 Å². The molecule has 0 radical (unpaired) electrons. The van der Waals surface area contributed by atoms with Crippen LogP contribution in [0.1, 0.15) is 46.0 Å². The summed E-state index contributed by atoms with van der Waals surface area (Å²) in [6.07, 6.45) is 5.36. The molecule has 0 aromatic carbocycles. The lowest BCUT2D eigenvalue weighted by Gasteiger charge is -2.29. The Balaban J connectivity index is 2.44. The van der Waals surface area contributed by atoms with E-state index >= 15 is 0 Å². The van der Waals surface area contributed by atoms with Crippen LogP contribution in [0.3, 0.4) is 0 Å². The van der Waals surface area contributed by atoms with Gasteiger partial charge in [-0.1, -0.05) is 19.8 Å². The molecule has 1 saturated carbocycles. The Kier molecular flexibility index (Phi) is 6.54. The number of carbonyl (C=O) groups is 2. The Morgan fingerprint density at radius 2 is 2.17 bits per heavy atom. The Hall–Kier alpha value is -0.710. The van der Waals surface area contributed by atoms with Gasteiger partial charge < -0.3 is 10.1 Å². The third-order valence-electron chi connectivity index (χ3n) is 3.44. The Labute approximate surface area is 114 Å². The van der Waals surface area contributed by atoms with Crippen LogP contribution in [0.5, 0.6) is 0 Å². The normalized spacial score (nSPS) is 25.3. The monoisotopic (exact) mass is 273 g/mol. The van der Waals surface area contributed by atoms with E-state index in [4.69, 9.17) is 4.74 Å². The second-order valence-electron chi connectivity index (χ2n) is 4.94. The van der Waals surface area contributed by atoms with Crippen molar-refractivity contribution in [2.75, 3.05) is 5.75 Å². The average molecular weight is 273 g/mol. The van der Waals surface area contributed by atoms with E-state index in [1.54, 1.807) is 0 Å². The maximum Gasteiger partial charge on any atom is 0.329 e. The van der Waals surface area contributed by atoms with Crippen molar-refractivity contribution >= 4 is 24.5 Å². The minimum absolute atomic E-state index is 0.00680. The molecule has 0 heterocycles. The molecule has 0 aromatic heterocycles. The van der Waals surface area contributed by atoms with Crippen LogP contribution in [0, 0.1) is 5.92 Å². The molecule has 1 fully saturated rings. The van der Waals surface area contributed by atoms with Gasteiger partial charge in [-0.2, -0.15) is 12.6 Å². The molecule has 4 nitrogen and oxygen atoms in total. The van der Waals surface area contributed by atoms with E-state index < -0.39 is 6.04 Å². The quantitative estimate of drug-likeness (QED) is 0.594. The molecule has 1 aliphatic rings. The van der Waals surface area contributed by atoms with Crippen LogP contribution in [0.15, 0.2) is 0 Å². The number of hydrogen-bond acceptors (Lipinski definition) is 4. The third kappa shape index (κ3) is 4.88. The van der Waals surface area contributed by atoms with Gasteiger partial charge in [0.05, 0.1) is 0 Å². The molecular weight excluding hydrogens is 250 g/mol. The number of carbonyl (C=O) groups excluding carboxylic acids is 2. The predicted octanol–water partition coefficient (Wildman–Crippen LogP) is 1.93. The summed E-state index contributed by atoms with van der Waals surface area (Å²) in [6.45, 7) is 3.56. The van der Waals surface area contributed by atoms with Gasteiger partial charge in [0, 0.05) is 12.7 Å². The summed E-state index contributed by atoms with van der Waals surface area (Å²) in [6, 6.07) is -0.632. The number of hydrogen-bond donors (Lipinski definition) is 2. The summed E-state index contributed by atoms with van der Waals surface area (Å²) in [5.74, 6) is 0.331. The molecule has 5 heteroatoms. The minimum atomic E-state index is -0.632. The number of rotatable bonds is 5. The first kappa shape index (κ1) is 15.3. The predicted molar refractivity (Wildman–Crippen MR) is 73.6 cm³/mol. The standard InChI is InChI=1S/C13H23NO3S/c1-3-10-5-4-6-11(7-10)17-13(16)12(8-18)14-9(2)15/h10-12,18H,3-8H2,1-2H3,(H,14,15)/t10?,11?,12-/m0/s1.